The van der Waals surface area contributed by atoms with E-state index in [1.807, 2.05) is 6.92 Å². The molecule has 1 fully saturated rings. The van der Waals surface area contributed by atoms with Gasteiger partial charge in [0.15, 0.2) is 5.82 Å². The zero-order valence-electron chi connectivity index (χ0n) is 11.4. The summed E-state index contributed by atoms with van der Waals surface area (Å²) >= 11 is 0. The van der Waals surface area contributed by atoms with Crippen LogP contribution in [0.5, 0.6) is 0 Å². The van der Waals surface area contributed by atoms with Gasteiger partial charge in [-0.2, -0.15) is 0 Å². The summed E-state index contributed by atoms with van der Waals surface area (Å²) in [6, 6.07) is 1.54. The summed E-state index contributed by atoms with van der Waals surface area (Å²) < 4.78 is 10.2. The van der Waals surface area contributed by atoms with Crippen LogP contribution < -0.4 is 11.1 Å². The number of methoxy groups -OCH3 is 1. The van der Waals surface area contributed by atoms with Crippen LogP contribution in [0.1, 0.15) is 30.6 Å². The molecule has 2 unspecified atom stereocenters. The predicted molar refractivity (Wildman–Crippen MR) is 72.0 cm³/mol. The molecule has 2 heterocycles. The largest absolute Gasteiger partial charge is 0.465 e. The zero-order valence-corrected chi connectivity index (χ0v) is 11.4. The summed E-state index contributed by atoms with van der Waals surface area (Å²) in [5.74, 6) is 0.0200. The first kappa shape index (κ1) is 13.6. The normalized spacial score (nSPS) is 26.2. The van der Waals surface area contributed by atoms with E-state index in [4.69, 9.17) is 10.5 Å². The maximum Gasteiger partial charge on any atom is 0.340 e. The molecular formula is C13H19N3O3. The van der Waals surface area contributed by atoms with Gasteiger partial charge in [0.25, 0.3) is 0 Å². The molecule has 6 nitrogen and oxygen atoms in total. The van der Waals surface area contributed by atoms with Crippen LogP contribution in [0.2, 0.25) is 0 Å². The molecule has 0 aromatic carbocycles. The molecule has 1 aliphatic rings. The lowest BCUT2D eigenvalue weighted by Crippen LogP contribution is -2.41. The Bertz CT molecular complexity index is 492. The third-order valence-corrected chi connectivity index (χ3v) is 3.69. The van der Waals surface area contributed by atoms with Crippen molar-refractivity contribution in [3.05, 3.63) is 17.8 Å². The first-order valence-electron chi connectivity index (χ1n) is 6.20. The van der Waals surface area contributed by atoms with Crippen molar-refractivity contribution in [1.82, 2.24) is 4.98 Å². The van der Waals surface area contributed by atoms with Gasteiger partial charge in [0, 0.05) is 12.8 Å². The summed E-state index contributed by atoms with van der Waals surface area (Å²) in [6.45, 7) is 4.75. The fourth-order valence-corrected chi connectivity index (χ4v) is 2.13. The van der Waals surface area contributed by atoms with E-state index in [1.165, 1.54) is 13.3 Å². The Labute approximate surface area is 112 Å². The fraction of sp³-hybridized carbons (Fsp3) is 0.538. The number of pyridine rings is 1. The Kier molecular flexibility index (Phi) is 3.61. The number of rotatable bonds is 3. The van der Waals surface area contributed by atoms with Crippen molar-refractivity contribution in [1.29, 1.82) is 0 Å². The number of carbonyl (C=O) groups excluding carboxylic acids is 1. The third-order valence-electron chi connectivity index (χ3n) is 3.69. The van der Waals surface area contributed by atoms with E-state index in [9.17, 15) is 4.79 Å². The van der Waals surface area contributed by atoms with Gasteiger partial charge in [0.1, 0.15) is 0 Å². The second kappa shape index (κ2) is 5.05. The van der Waals surface area contributed by atoms with E-state index in [1.54, 1.807) is 6.07 Å². The first-order chi connectivity index (χ1) is 8.98. The SMILES string of the molecule is COC(=O)c1ccnc(NC2(C)CCOC2C)c1N. The molecule has 1 aromatic heterocycles. The Morgan fingerprint density at radius 1 is 1.68 bits per heavy atom. The Balaban J connectivity index is 2.29. The monoisotopic (exact) mass is 265 g/mol. The van der Waals surface area contributed by atoms with Crippen molar-refractivity contribution < 1.29 is 14.3 Å². The van der Waals surface area contributed by atoms with Crippen molar-refractivity contribution in [2.45, 2.75) is 31.9 Å². The molecule has 1 aliphatic heterocycles. The number of nitrogens with two attached hydrogens (primary N) is 1. The minimum absolute atomic E-state index is 0.0514. The highest BCUT2D eigenvalue weighted by atomic mass is 16.5. The molecule has 0 spiro atoms. The number of carbonyl (C=O) groups is 1. The molecule has 104 valence electrons. The Morgan fingerprint density at radius 2 is 2.42 bits per heavy atom. The van der Waals surface area contributed by atoms with Crippen LogP contribution >= 0.6 is 0 Å². The lowest BCUT2D eigenvalue weighted by atomic mass is 9.94. The van der Waals surface area contributed by atoms with Crippen molar-refractivity contribution in [2.24, 2.45) is 0 Å². The molecule has 0 aliphatic carbocycles. The second-order valence-corrected chi connectivity index (χ2v) is 4.92. The number of nitrogen functional groups attached to an aromatic ring is 1. The lowest BCUT2D eigenvalue weighted by Gasteiger charge is -2.30. The van der Waals surface area contributed by atoms with Crippen molar-refractivity contribution in [3.8, 4) is 0 Å². The number of hydrogen-bond donors (Lipinski definition) is 2. The average Bonchev–Trinajstić information content (AvgIpc) is 2.71. The van der Waals surface area contributed by atoms with Crippen LogP contribution in [-0.2, 0) is 9.47 Å². The van der Waals surface area contributed by atoms with Crippen LogP contribution in [0, 0.1) is 0 Å². The highest BCUT2D eigenvalue weighted by Gasteiger charge is 2.37. The van der Waals surface area contributed by atoms with Gasteiger partial charge >= 0.3 is 5.97 Å². The molecule has 6 heteroatoms. The summed E-state index contributed by atoms with van der Waals surface area (Å²) in [4.78, 5) is 15.8. The quantitative estimate of drug-likeness (QED) is 0.804. The number of nitrogens with zero attached hydrogens (tertiary/aromatic N) is 1. The van der Waals surface area contributed by atoms with Crippen LogP contribution in [0.15, 0.2) is 12.3 Å². The molecule has 0 bridgehead atoms. The van der Waals surface area contributed by atoms with Crippen LogP contribution in [-0.4, -0.2) is 36.3 Å². The van der Waals surface area contributed by atoms with Gasteiger partial charge in [-0.05, 0) is 26.3 Å². The van der Waals surface area contributed by atoms with Crippen molar-refractivity contribution in [2.75, 3.05) is 24.8 Å². The Morgan fingerprint density at radius 3 is 3.00 bits per heavy atom. The van der Waals surface area contributed by atoms with E-state index >= 15 is 0 Å². The molecular weight excluding hydrogens is 246 g/mol. The Hall–Kier alpha value is -1.82. The van der Waals surface area contributed by atoms with E-state index in [0.717, 1.165) is 6.42 Å². The fourth-order valence-electron chi connectivity index (χ4n) is 2.13. The molecule has 1 aromatic rings. The molecule has 2 rings (SSSR count). The molecule has 19 heavy (non-hydrogen) atoms. The van der Waals surface area contributed by atoms with Crippen molar-refractivity contribution in [3.63, 3.8) is 0 Å². The topological polar surface area (TPSA) is 86.5 Å². The predicted octanol–water partition coefficient (Wildman–Crippen LogP) is 1.43. The van der Waals surface area contributed by atoms with Gasteiger partial charge in [-0.15, -0.1) is 0 Å². The van der Waals surface area contributed by atoms with E-state index in [-0.39, 0.29) is 11.6 Å². The zero-order chi connectivity index (χ0) is 14.0. The first-order valence-corrected chi connectivity index (χ1v) is 6.20. The number of ether oxygens (including phenoxy) is 2. The van der Waals surface area contributed by atoms with Gasteiger partial charge in [-0.25, -0.2) is 9.78 Å². The maximum atomic E-state index is 11.6. The van der Waals surface area contributed by atoms with Gasteiger partial charge in [0.05, 0.1) is 30.0 Å². The van der Waals surface area contributed by atoms with Crippen LogP contribution in [0.25, 0.3) is 0 Å². The molecule has 0 amide bonds. The highest BCUT2D eigenvalue weighted by Crippen LogP contribution is 2.31. The van der Waals surface area contributed by atoms with Gasteiger partial charge in [-0.3, -0.25) is 0 Å². The van der Waals surface area contributed by atoms with Gasteiger partial charge in [-0.1, -0.05) is 0 Å². The van der Waals surface area contributed by atoms with E-state index < -0.39 is 5.97 Å². The smallest absolute Gasteiger partial charge is 0.340 e. The summed E-state index contributed by atoms with van der Waals surface area (Å²) in [7, 11) is 1.32. The minimum Gasteiger partial charge on any atom is -0.465 e. The van der Waals surface area contributed by atoms with Gasteiger partial charge in [0.2, 0.25) is 0 Å². The van der Waals surface area contributed by atoms with E-state index in [0.29, 0.717) is 23.7 Å². The maximum absolute atomic E-state index is 11.6. The summed E-state index contributed by atoms with van der Waals surface area (Å²) in [5, 5.41) is 3.29. The standard InChI is InChI=1S/C13H19N3O3/c1-8-13(2,5-7-19-8)16-11-10(14)9(4-6-15-11)12(17)18-3/h4,6,8H,5,7,14H2,1-3H3,(H,15,16). The number of aromatic nitrogens is 1. The lowest BCUT2D eigenvalue weighted by molar-refractivity contribution is 0.0602. The number of anilines is 2. The molecule has 2 atom stereocenters. The van der Waals surface area contributed by atoms with Crippen LogP contribution in [0.4, 0.5) is 11.5 Å². The second-order valence-electron chi connectivity index (χ2n) is 4.92. The molecule has 1 saturated heterocycles. The highest BCUT2D eigenvalue weighted by molar-refractivity contribution is 5.97. The van der Waals surface area contributed by atoms with Crippen molar-refractivity contribution >= 4 is 17.5 Å². The van der Waals surface area contributed by atoms with E-state index in [2.05, 4.69) is 22.0 Å². The minimum atomic E-state index is -0.469. The molecule has 0 saturated carbocycles. The molecule has 0 radical (unpaired) electrons. The average molecular weight is 265 g/mol. The number of nitrogens with one attached hydrogen (secondary N) is 1. The molecule has 3 N–H and O–H groups in total. The van der Waals surface area contributed by atoms with Crippen LogP contribution in [0.3, 0.4) is 0 Å². The summed E-state index contributed by atoms with van der Waals surface area (Å²) in [6.07, 6.45) is 2.45. The van der Waals surface area contributed by atoms with Gasteiger partial charge < -0.3 is 20.5 Å². The number of hydrogen-bond acceptors (Lipinski definition) is 6. The third kappa shape index (κ3) is 2.49. The number of esters is 1. The summed E-state index contributed by atoms with van der Waals surface area (Å²) in [5.41, 5.74) is 6.35.